The first kappa shape index (κ1) is 17.7. The lowest BCUT2D eigenvalue weighted by Crippen LogP contribution is -2.39. The van der Waals surface area contributed by atoms with Crippen LogP contribution in [0.4, 0.5) is 5.69 Å². The predicted octanol–water partition coefficient (Wildman–Crippen LogP) is 4.79. The van der Waals surface area contributed by atoms with Crippen LogP contribution in [0.3, 0.4) is 0 Å². The van der Waals surface area contributed by atoms with Gasteiger partial charge in [0.1, 0.15) is 5.75 Å². The number of aromatic nitrogens is 1. The molecule has 0 N–H and O–H groups in total. The van der Waals surface area contributed by atoms with Crippen LogP contribution in [-0.2, 0) is 11.2 Å². The Morgan fingerprint density at radius 3 is 2.70 bits per heavy atom. The Bertz CT molecular complexity index is 966. The maximum absolute atomic E-state index is 12.5. The van der Waals surface area contributed by atoms with Crippen molar-refractivity contribution in [3.8, 4) is 17.0 Å². The molecule has 3 aromatic rings. The van der Waals surface area contributed by atoms with Crippen molar-refractivity contribution in [2.24, 2.45) is 0 Å². The molecule has 5 heteroatoms. The van der Waals surface area contributed by atoms with Crippen molar-refractivity contribution in [3.05, 3.63) is 64.0 Å². The number of carbonyl (C=O) groups is 1. The molecule has 4 nitrogen and oxygen atoms in total. The molecule has 138 valence electrons. The van der Waals surface area contributed by atoms with Gasteiger partial charge in [-0.05, 0) is 50.5 Å². The minimum Gasteiger partial charge on any atom is -0.482 e. The van der Waals surface area contributed by atoms with Crippen LogP contribution in [0.1, 0.15) is 21.9 Å². The first-order valence-corrected chi connectivity index (χ1v) is 9.99. The smallest absolute Gasteiger partial charge is 0.265 e. The number of nitrogens with zero attached hydrogens (tertiary/aromatic N) is 2. The fraction of sp³-hybridized carbons (Fsp3) is 0.273. The molecule has 1 amide bonds. The van der Waals surface area contributed by atoms with Gasteiger partial charge in [0.15, 0.2) is 6.61 Å². The summed E-state index contributed by atoms with van der Waals surface area (Å²) in [7, 11) is 0. The minimum atomic E-state index is 0.0129. The van der Waals surface area contributed by atoms with Gasteiger partial charge in [0.2, 0.25) is 0 Å². The van der Waals surface area contributed by atoms with Crippen molar-refractivity contribution < 1.29 is 9.53 Å². The number of benzene rings is 2. The number of fused-ring (bicyclic) bond motifs is 1. The van der Waals surface area contributed by atoms with E-state index >= 15 is 0 Å². The van der Waals surface area contributed by atoms with E-state index in [1.807, 2.05) is 36.1 Å². The third-order valence-electron chi connectivity index (χ3n) is 4.77. The Labute approximate surface area is 163 Å². The number of anilines is 1. The molecular formula is C22H22N2O2S. The van der Waals surface area contributed by atoms with Crippen molar-refractivity contribution in [3.63, 3.8) is 0 Å². The van der Waals surface area contributed by atoms with E-state index in [9.17, 15) is 4.79 Å². The van der Waals surface area contributed by atoms with Crippen molar-refractivity contribution in [2.75, 3.05) is 18.1 Å². The normalized spacial score (nSPS) is 13.4. The number of carbonyl (C=O) groups excluding carboxylic acids is 1. The molecule has 27 heavy (non-hydrogen) atoms. The zero-order valence-corrected chi connectivity index (χ0v) is 16.4. The highest BCUT2D eigenvalue weighted by Crippen LogP contribution is 2.37. The first-order valence-electron chi connectivity index (χ1n) is 9.17. The van der Waals surface area contributed by atoms with Crippen molar-refractivity contribution in [1.29, 1.82) is 0 Å². The Hall–Kier alpha value is -2.66. The van der Waals surface area contributed by atoms with Crippen LogP contribution in [0.25, 0.3) is 11.3 Å². The third kappa shape index (κ3) is 3.74. The molecule has 1 aliphatic heterocycles. The van der Waals surface area contributed by atoms with Crippen molar-refractivity contribution in [2.45, 2.75) is 26.7 Å². The van der Waals surface area contributed by atoms with E-state index in [1.54, 1.807) is 11.3 Å². The Morgan fingerprint density at radius 1 is 1.15 bits per heavy atom. The number of ether oxygens (including phenoxy) is 1. The molecule has 0 radical (unpaired) electrons. The predicted molar refractivity (Wildman–Crippen MR) is 110 cm³/mol. The molecule has 0 fully saturated rings. The second-order valence-corrected chi connectivity index (χ2v) is 8.15. The second-order valence-electron chi connectivity index (χ2n) is 6.74. The van der Waals surface area contributed by atoms with E-state index in [4.69, 9.17) is 4.74 Å². The van der Waals surface area contributed by atoms with Crippen LogP contribution in [0.2, 0.25) is 0 Å². The van der Waals surface area contributed by atoms with Crippen molar-refractivity contribution >= 4 is 22.9 Å². The van der Waals surface area contributed by atoms with Crippen LogP contribution in [0.15, 0.2) is 48.5 Å². The van der Waals surface area contributed by atoms with Gasteiger partial charge in [0, 0.05) is 17.0 Å². The summed E-state index contributed by atoms with van der Waals surface area (Å²) in [5.74, 6) is 0.779. The number of amides is 1. The number of thiazole rings is 1. The fourth-order valence-corrected chi connectivity index (χ4v) is 4.32. The van der Waals surface area contributed by atoms with Crippen LogP contribution in [-0.4, -0.2) is 24.0 Å². The van der Waals surface area contributed by atoms with Gasteiger partial charge < -0.3 is 9.64 Å². The summed E-state index contributed by atoms with van der Waals surface area (Å²) in [6.07, 6.45) is 1.86. The summed E-state index contributed by atoms with van der Waals surface area (Å²) >= 11 is 1.69. The lowest BCUT2D eigenvalue weighted by molar-refractivity contribution is -0.121. The lowest BCUT2D eigenvalue weighted by Gasteiger charge is -2.30. The van der Waals surface area contributed by atoms with E-state index < -0.39 is 0 Å². The van der Waals surface area contributed by atoms with Crippen molar-refractivity contribution in [1.82, 2.24) is 4.98 Å². The Balaban J connectivity index is 1.58. The molecule has 1 aliphatic rings. The van der Waals surface area contributed by atoms with Gasteiger partial charge in [-0.3, -0.25) is 4.79 Å². The van der Waals surface area contributed by atoms with Crippen LogP contribution in [0, 0.1) is 13.8 Å². The third-order valence-corrected chi connectivity index (χ3v) is 5.66. The van der Waals surface area contributed by atoms with E-state index in [1.165, 1.54) is 10.4 Å². The lowest BCUT2D eigenvalue weighted by atomic mass is 10.1. The molecule has 0 saturated heterocycles. The van der Waals surface area contributed by atoms with Crippen LogP contribution in [0.5, 0.6) is 5.75 Å². The molecule has 0 spiro atoms. The topological polar surface area (TPSA) is 42.4 Å². The zero-order chi connectivity index (χ0) is 18.8. The zero-order valence-electron chi connectivity index (χ0n) is 15.6. The highest BCUT2D eigenvalue weighted by atomic mass is 32.1. The molecule has 4 rings (SSSR count). The highest BCUT2D eigenvalue weighted by molar-refractivity contribution is 7.11. The molecule has 2 aromatic carbocycles. The largest absolute Gasteiger partial charge is 0.482 e. The number of aryl methyl sites for hydroxylation is 3. The summed E-state index contributed by atoms with van der Waals surface area (Å²) in [6, 6.07) is 16.4. The molecule has 2 heterocycles. The summed E-state index contributed by atoms with van der Waals surface area (Å²) in [4.78, 5) is 20.2. The number of hydrogen-bond acceptors (Lipinski definition) is 4. The van der Waals surface area contributed by atoms with Gasteiger partial charge >= 0.3 is 0 Å². The monoisotopic (exact) mass is 378 g/mol. The van der Waals surface area contributed by atoms with E-state index in [0.717, 1.165) is 40.5 Å². The molecule has 0 aliphatic carbocycles. The van der Waals surface area contributed by atoms with E-state index in [0.29, 0.717) is 6.54 Å². The molecule has 0 saturated carbocycles. The standard InChI is InChI=1S/C22H22N2O2S/c1-15-22(23-16(2)27-15)18-10-11-20-19(13-18)24(21(25)14-26-20)12-6-9-17-7-4-3-5-8-17/h3-5,7-8,10-11,13H,6,9,12,14H2,1-2H3. The molecule has 1 aromatic heterocycles. The van der Waals surface area contributed by atoms with Gasteiger partial charge in [-0.1, -0.05) is 30.3 Å². The summed E-state index contributed by atoms with van der Waals surface area (Å²) in [5, 5.41) is 1.05. The van der Waals surface area contributed by atoms with Gasteiger partial charge in [-0.15, -0.1) is 11.3 Å². The Kier molecular flexibility index (Phi) is 4.94. The van der Waals surface area contributed by atoms with Crippen LogP contribution >= 0.6 is 11.3 Å². The summed E-state index contributed by atoms with van der Waals surface area (Å²) in [5.41, 5.74) is 4.16. The van der Waals surface area contributed by atoms with Gasteiger partial charge in [0.25, 0.3) is 5.91 Å². The average molecular weight is 378 g/mol. The molecule has 0 atom stereocenters. The maximum Gasteiger partial charge on any atom is 0.265 e. The summed E-state index contributed by atoms with van der Waals surface area (Å²) in [6.45, 7) is 4.88. The molecular weight excluding hydrogens is 356 g/mol. The van der Waals surface area contributed by atoms with E-state index in [2.05, 4.69) is 36.2 Å². The number of rotatable bonds is 5. The highest BCUT2D eigenvalue weighted by Gasteiger charge is 2.26. The molecule has 0 bridgehead atoms. The van der Waals surface area contributed by atoms with Gasteiger partial charge in [0.05, 0.1) is 16.4 Å². The summed E-state index contributed by atoms with van der Waals surface area (Å²) < 4.78 is 5.65. The first-order chi connectivity index (χ1) is 13.1. The minimum absolute atomic E-state index is 0.0129. The fourth-order valence-electron chi connectivity index (χ4n) is 3.48. The van der Waals surface area contributed by atoms with Crippen LogP contribution < -0.4 is 9.64 Å². The SMILES string of the molecule is Cc1nc(-c2ccc3c(c2)N(CCCc2ccccc2)C(=O)CO3)c(C)s1. The Morgan fingerprint density at radius 2 is 1.96 bits per heavy atom. The number of hydrogen-bond donors (Lipinski definition) is 0. The quantitative estimate of drug-likeness (QED) is 0.641. The molecule has 0 unspecified atom stereocenters. The van der Waals surface area contributed by atoms with E-state index in [-0.39, 0.29) is 12.5 Å². The second kappa shape index (κ2) is 7.53. The van der Waals surface area contributed by atoms with Gasteiger partial charge in [-0.2, -0.15) is 0 Å². The average Bonchev–Trinajstić information content (AvgIpc) is 3.02. The van der Waals surface area contributed by atoms with Gasteiger partial charge in [-0.25, -0.2) is 4.98 Å². The maximum atomic E-state index is 12.5.